The molecule has 0 spiro atoms. The minimum Gasteiger partial charge on any atom is -0.314 e. The van der Waals surface area contributed by atoms with Crippen LogP contribution in [0.2, 0.25) is 15.1 Å². The summed E-state index contributed by atoms with van der Waals surface area (Å²) < 4.78 is 0. The van der Waals surface area contributed by atoms with Gasteiger partial charge in [0.15, 0.2) is 0 Å². The first kappa shape index (κ1) is 15.7. The molecule has 0 saturated heterocycles. The summed E-state index contributed by atoms with van der Waals surface area (Å²) in [4.78, 5) is 11.7. The number of urea groups is 1. The Morgan fingerprint density at radius 1 is 1.00 bits per heavy atom. The number of hydrogen-bond donors (Lipinski definition) is 2. The van der Waals surface area contributed by atoms with E-state index < -0.39 is 6.03 Å². The quantitative estimate of drug-likeness (QED) is 0.767. The van der Waals surface area contributed by atoms with Gasteiger partial charge in [-0.2, -0.15) is 0 Å². The van der Waals surface area contributed by atoms with Crippen LogP contribution >= 0.6 is 34.8 Å². The Labute approximate surface area is 137 Å². The molecular weight excluding hydrogens is 331 g/mol. The van der Waals surface area contributed by atoms with E-state index in [4.69, 9.17) is 34.8 Å². The summed E-state index contributed by atoms with van der Waals surface area (Å²) in [5, 5.41) is 6.53. The first-order valence-electron chi connectivity index (χ1n) is 6.00. The van der Waals surface area contributed by atoms with Crippen molar-refractivity contribution in [3.63, 3.8) is 0 Å². The minimum atomic E-state index is -0.413. The van der Waals surface area contributed by atoms with Gasteiger partial charge < -0.3 is 10.6 Å². The summed E-state index contributed by atoms with van der Waals surface area (Å²) in [7, 11) is 0. The Balaban J connectivity index is 1.93. The summed E-state index contributed by atoms with van der Waals surface area (Å²) in [5.74, 6) is 0. The molecule has 3 nitrogen and oxygen atoms in total. The van der Waals surface area contributed by atoms with E-state index in [0.29, 0.717) is 20.8 Å². The highest BCUT2D eigenvalue weighted by Crippen LogP contribution is 2.29. The highest BCUT2D eigenvalue weighted by Gasteiger charge is 2.06. The monoisotopic (exact) mass is 340 g/mol. The third-order valence-electron chi connectivity index (χ3n) is 2.56. The Morgan fingerprint density at radius 3 is 2.43 bits per heavy atom. The molecule has 6 heteroatoms. The van der Waals surface area contributed by atoms with Gasteiger partial charge in [0.1, 0.15) is 0 Å². The van der Waals surface area contributed by atoms with Gasteiger partial charge in [0.25, 0.3) is 0 Å². The van der Waals surface area contributed by atoms with E-state index in [0.717, 1.165) is 5.56 Å². The highest BCUT2D eigenvalue weighted by molar-refractivity contribution is 6.43. The molecule has 0 aromatic heterocycles. The maximum atomic E-state index is 11.7. The van der Waals surface area contributed by atoms with Crippen molar-refractivity contribution in [2.24, 2.45) is 0 Å². The normalized spacial score (nSPS) is 10.6. The fourth-order valence-corrected chi connectivity index (χ4v) is 2.02. The molecule has 0 radical (unpaired) electrons. The molecule has 0 aliphatic heterocycles. The van der Waals surface area contributed by atoms with Gasteiger partial charge in [-0.3, -0.25) is 0 Å². The van der Waals surface area contributed by atoms with Crippen LogP contribution in [-0.4, -0.2) is 6.03 Å². The smallest absolute Gasteiger partial charge is 0.314 e. The van der Waals surface area contributed by atoms with Gasteiger partial charge in [-0.05, 0) is 35.9 Å². The number of nitrogens with one attached hydrogen (secondary N) is 2. The molecule has 0 saturated carbocycles. The van der Waals surface area contributed by atoms with E-state index in [1.165, 1.54) is 6.20 Å². The van der Waals surface area contributed by atoms with Crippen molar-refractivity contribution in [1.29, 1.82) is 0 Å². The molecule has 2 N–H and O–H groups in total. The number of benzene rings is 2. The summed E-state index contributed by atoms with van der Waals surface area (Å²) in [5.41, 5.74) is 1.36. The molecule has 2 aromatic rings. The number of amides is 2. The third kappa shape index (κ3) is 4.67. The lowest BCUT2D eigenvalue weighted by atomic mass is 10.2. The second-order valence-electron chi connectivity index (χ2n) is 4.08. The Kier molecular flexibility index (Phi) is 5.51. The predicted octanol–water partition coefficient (Wildman–Crippen LogP) is 5.44. The molecular formula is C15H11Cl3N2O. The summed E-state index contributed by atoms with van der Waals surface area (Å²) >= 11 is 17.6. The standard InChI is InChI=1S/C15H11Cl3N2O/c16-11-6-4-10(5-7-11)8-9-19-15(21)20-13-3-1-2-12(17)14(13)18/h1-9H,(H2,19,20,21)/b9-8+. The first-order chi connectivity index (χ1) is 10.1. The number of hydrogen-bond acceptors (Lipinski definition) is 1. The molecule has 0 atom stereocenters. The van der Waals surface area contributed by atoms with Gasteiger partial charge in [-0.1, -0.05) is 53.0 Å². The number of carbonyl (C=O) groups is 1. The van der Waals surface area contributed by atoms with Crippen LogP contribution in [0.1, 0.15) is 5.56 Å². The van der Waals surface area contributed by atoms with Crippen molar-refractivity contribution in [1.82, 2.24) is 5.32 Å². The van der Waals surface area contributed by atoms with Gasteiger partial charge >= 0.3 is 6.03 Å². The van der Waals surface area contributed by atoms with Crippen LogP contribution in [0.5, 0.6) is 0 Å². The van der Waals surface area contributed by atoms with E-state index in [-0.39, 0.29) is 0 Å². The second kappa shape index (κ2) is 7.36. The lowest BCUT2D eigenvalue weighted by molar-refractivity contribution is 0.255. The SMILES string of the molecule is O=C(N/C=C/c1ccc(Cl)cc1)Nc1cccc(Cl)c1Cl. The van der Waals surface area contributed by atoms with Crippen LogP contribution < -0.4 is 10.6 Å². The molecule has 2 amide bonds. The molecule has 0 bridgehead atoms. The summed E-state index contributed by atoms with van der Waals surface area (Å²) in [6.45, 7) is 0. The maximum Gasteiger partial charge on any atom is 0.323 e. The van der Waals surface area contributed by atoms with Crippen LogP contribution in [0.15, 0.2) is 48.7 Å². The van der Waals surface area contributed by atoms with Crippen molar-refractivity contribution in [3.05, 3.63) is 69.3 Å². The topological polar surface area (TPSA) is 41.1 Å². The molecule has 2 rings (SSSR count). The van der Waals surface area contributed by atoms with Crippen molar-refractivity contribution in [2.75, 3.05) is 5.32 Å². The lowest BCUT2D eigenvalue weighted by Crippen LogP contribution is -2.23. The molecule has 21 heavy (non-hydrogen) atoms. The van der Waals surface area contributed by atoms with Crippen molar-refractivity contribution < 1.29 is 4.79 Å². The highest BCUT2D eigenvalue weighted by atomic mass is 35.5. The molecule has 0 unspecified atom stereocenters. The van der Waals surface area contributed by atoms with E-state index in [1.807, 2.05) is 12.1 Å². The zero-order valence-corrected chi connectivity index (χ0v) is 13.0. The predicted molar refractivity (Wildman–Crippen MR) is 89.1 cm³/mol. The van der Waals surface area contributed by atoms with Gasteiger partial charge in [-0.15, -0.1) is 0 Å². The Bertz CT molecular complexity index is 669. The van der Waals surface area contributed by atoms with Gasteiger partial charge in [0, 0.05) is 11.2 Å². The van der Waals surface area contributed by atoms with Crippen molar-refractivity contribution >= 4 is 52.6 Å². The lowest BCUT2D eigenvalue weighted by Gasteiger charge is -2.07. The average molecular weight is 342 g/mol. The van der Waals surface area contributed by atoms with Gasteiger partial charge in [0.2, 0.25) is 0 Å². The molecule has 0 aliphatic rings. The fraction of sp³-hybridized carbons (Fsp3) is 0. The zero-order chi connectivity index (χ0) is 15.2. The van der Waals surface area contributed by atoms with Crippen LogP contribution in [-0.2, 0) is 0 Å². The van der Waals surface area contributed by atoms with Crippen molar-refractivity contribution in [3.8, 4) is 0 Å². The van der Waals surface area contributed by atoms with E-state index in [1.54, 1.807) is 36.4 Å². The maximum absolute atomic E-state index is 11.7. The molecule has 0 heterocycles. The van der Waals surface area contributed by atoms with E-state index >= 15 is 0 Å². The van der Waals surface area contributed by atoms with E-state index in [9.17, 15) is 4.79 Å². The number of halogens is 3. The van der Waals surface area contributed by atoms with Crippen LogP contribution in [0.4, 0.5) is 10.5 Å². The average Bonchev–Trinajstić information content (AvgIpc) is 2.46. The minimum absolute atomic E-state index is 0.302. The largest absolute Gasteiger partial charge is 0.323 e. The number of rotatable bonds is 3. The zero-order valence-electron chi connectivity index (χ0n) is 10.7. The number of anilines is 1. The van der Waals surface area contributed by atoms with Gasteiger partial charge in [-0.25, -0.2) is 4.79 Å². The Morgan fingerprint density at radius 2 is 1.71 bits per heavy atom. The number of carbonyl (C=O) groups excluding carboxylic acids is 1. The first-order valence-corrected chi connectivity index (χ1v) is 7.13. The molecule has 0 fully saturated rings. The van der Waals surface area contributed by atoms with Crippen LogP contribution in [0, 0.1) is 0 Å². The van der Waals surface area contributed by atoms with E-state index in [2.05, 4.69) is 10.6 Å². The fourth-order valence-electron chi connectivity index (χ4n) is 1.55. The van der Waals surface area contributed by atoms with Crippen LogP contribution in [0.25, 0.3) is 6.08 Å². The Hall–Kier alpha value is -1.68. The third-order valence-corrected chi connectivity index (χ3v) is 3.63. The molecule has 108 valence electrons. The summed E-state index contributed by atoms with van der Waals surface area (Å²) in [6.07, 6.45) is 3.27. The summed E-state index contributed by atoms with van der Waals surface area (Å²) in [6, 6.07) is 11.8. The molecule has 0 aliphatic carbocycles. The van der Waals surface area contributed by atoms with Gasteiger partial charge in [0.05, 0.1) is 15.7 Å². The van der Waals surface area contributed by atoms with Crippen LogP contribution in [0.3, 0.4) is 0 Å². The molecule has 2 aromatic carbocycles. The van der Waals surface area contributed by atoms with Crippen molar-refractivity contribution in [2.45, 2.75) is 0 Å². The second-order valence-corrected chi connectivity index (χ2v) is 5.31.